The summed E-state index contributed by atoms with van der Waals surface area (Å²) < 4.78 is 11.8. The minimum Gasteiger partial charge on any atom is -0.465 e. The molecule has 10 atom stereocenters. The van der Waals surface area contributed by atoms with E-state index in [2.05, 4.69) is 48.5 Å². The molecule has 38 heavy (non-hydrogen) atoms. The Balaban J connectivity index is 1.49. The Kier molecular flexibility index (Phi) is 6.92. The Morgan fingerprint density at radius 3 is 2.11 bits per heavy atom. The predicted molar refractivity (Wildman–Crippen MR) is 151 cm³/mol. The van der Waals surface area contributed by atoms with E-state index in [-0.39, 0.29) is 28.9 Å². The second-order valence-electron chi connectivity index (χ2n) is 16.2. The molecule has 216 valence electrons. The molecule has 5 aliphatic rings. The lowest BCUT2D eigenvalue weighted by atomic mass is 9.32. The van der Waals surface area contributed by atoms with Crippen LogP contribution in [0.3, 0.4) is 0 Å². The van der Waals surface area contributed by atoms with Crippen molar-refractivity contribution < 1.29 is 19.1 Å². The number of ether oxygens (including phenoxy) is 2. The number of carbonyl (C=O) groups excluding carboxylic acids is 2. The first-order valence-electron chi connectivity index (χ1n) is 15.9. The van der Waals surface area contributed by atoms with Gasteiger partial charge in [-0.05, 0) is 116 Å². The molecule has 0 aromatic carbocycles. The second kappa shape index (κ2) is 9.23. The number of fused-ring (bicyclic) bond motifs is 7. The molecule has 0 saturated heterocycles. The topological polar surface area (TPSA) is 52.6 Å². The Labute approximate surface area is 232 Å². The van der Waals surface area contributed by atoms with Gasteiger partial charge in [0.1, 0.15) is 6.10 Å². The highest BCUT2D eigenvalue weighted by Crippen LogP contribution is 2.77. The van der Waals surface area contributed by atoms with Gasteiger partial charge < -0.3 is 9.47 Å². The highest BCUT2D eigenvalue weighted by Gasteiger charge is 2.71. The third-order valence-electron chi connectivity index (χ3n) is 14.3. The highest BCUT2D eigenvalue weighted by molar-refractivity contribution is 5.66. The minimum atomic E-state index is -0.129. The molecule has 0 bridgehead atoms. The van der Waals surface area contributed by atoms with Crippen LogP contribution in [0.4, 0.5) is 0 Å². The summed E-state index contributed by atoms with van der Waals surface area (Å²) in [5, 5.41) is 0. The van der Waals surface area contributed by atoms with Crippen LogP contribution in [0, 0.1) is 62.6 Å². The lowest BCUT2D eigenvalue weighted by Crippen LogP contribution is -2.67. The molecular weight excluding hydrogens is 472 g/mol. The number of rotatable bonds is 4. The first-order chi connectivity index (χ1) is 17.6. The fraction of sp³-hybridized carbons (Fsp3) is 0.941. The number of carbonyl (C=O) groups is 2. The van der Waals surface area contributed by atoms with Gasteiger partial charge in [-0.3, -0.25) is 9.59 Å². The van der Waals surface area contributed by atoms with Crippen LogP contribution in [-0.4, -0.2) is 24.6 Å². The normalized spacial score (nSPS) is 49.3. The van der Waals surface area contributed by atoms with Gasteiger partial charge in [-0.25, -0.2) is 0 Å². The molecule has 0 amide bonds. The Morgan fingerprint density at radius 1 is 0.763 bits per heavy atom. The van der Waals surface area contributed by atoms with Crippen LogP contribution >= 0.6 is 0 Å². The third-order valence-corrected chi connectivity index (χ3v) is 14.3. The molecular formula is C34H56O4. The highest BCUT2D eigenvalue weighted by atomic mass is 16.5. The Hall–Kier alpha value is -1.06. The van der Waals surface area contributed by atoms with Gasteiger partial charge in [-0.1, -0.05) is 48.5 Å². The van der Waals surface area contributed by atoms with E-state index in [9.17, 15) is 9.59 Å². The lowest BCUT2D eigenvalue weighted by Gasteiger charge is -2.73. The molecule has 5 rings (SSSR count). The van der Waals surface area contributed by atoms with E-state index in [1.807, 2.05) is 0 Å². The van der Waals surface area contributed by atoms with Crippen molar-refractivity contribution in [3.8, 4) is 0 Å². The van der Waals surface area contributed by atoms with Gasteiger partial charge in [0.25, 0.3) is 0 Å². The van der Waals surface area contributed by atoms with E-state index in [0.29, 0.717) is 52.4 Å². The quantitative estimate of drug-likeness (QED) is 0.345. The van der Waals surface area contributed by atoms with Gasteiger partial charge in [0.15, 0.2) is 0 Å². The number of hydrogen-bond donors (Lipinski definition) is 0. The van der Waals surface area contributed by atoms with E-state index in [1.54, 1.807) is 13.8 Å². The van der Waals surface area contributed by atoms with Crippen LogP contribution in [0.5, 0.6) is 0 Å². The SMILES string of the molecule is CC(=O)OC[C@]12CCC(C(C)C)[C@@H]1[C@H]1CC[C@@H]3[C@@]4(C)CC[C@H](OC(C)=O)C(C)(C)[C@@H]4CC[C@@]3(C)[C@]1(C)CC2. The van der Waals surface area contributed by atoms with Gasteiger partial charge in [-0.2, -0.15) is 0 Å². The van der Waals surface area contributed by atoms with Crippen LogP contribution in [0.15, 0.2) is 0 Å². The maximum absolute atomic E-state index is 11.9. The fourth-order valence-electron chi connectivity index (χ4n) is 12.4. The zero-order valence-electron chi connectivity index (χ0n) is 26.0. The van der Waals surface area contributed by atoms with Crippen molar-refractivity contribution in [2.75, 3.05) is 6.61 Å². The summed E-state index contributed by atoms with van der Waals surface area (Å²) >= 11 is 0. The van der Waals surface area contributed by atoms with Crippen LogP contribution in [-0.2, 0) is 19.1 Å². The monoisotopic (exact) mass is 528 g/mol. The van der Waals surface area contributed by atoms with Gasteiger partial charge in [0, 0.05) is 24.7 Å². The molecule has 5 aliphatic carbocycles. The van der Waals surface area contributed by atoms with Crippen molar-refractivity contribution in [3.63, 3.8) is 0 Å². The summed E-state index contributed by atoms with van der Waals surface area (Å²) in [6.45, 7) is 21.4. The van der Waals surface area contributed by atoms with E-state index in [4.69, 9.17) is 9.47 Å². The third kappa shape index (κ3) is 3.87. The first kappa shape index (κ1) is 28.5. The average molecular weight is 529 g/mol. The van der Waals surface area contributed by atoms with Crippen LogP contribution in [0.1, 0.15) is 127 Å². The zero-order valence-corrected chi connectivity index (χ0v) is 26.0. The summed E-state index contributed by atoms with van der Waals surface area (Å²) in [6, 6.07) is 0. The average Bonchev–Trinajstić information content (AvgIpc) is 3.20. The molecule has 0 spiro atoms. The summed E-state index contributed by atoms with van der Waals surface area (Å²) in [6.07, 6.45) is 12.4. The second-order valence-corrected chi connectivity index (χ2v) is 16.2. The molecule has 5 fully saturated rings. The van der Waals surface area contributed by atoms with Crippen LogP contribution in [0.2, 0.25) is 0 Å². The largest absolute Gasteiger partial charge is 0.465 e. The van der Waals surface area contributed by atoms with Crippen molar-refractivity contribution in [1.29, 1.82) is 0 Å². The predicted octanol–water partition coefficient (Wildman–Crippen LogP) is 8.22. The van der Waals surface area contributed by atoms with E-state index in [1.165, 1.54) is 57.8 Å². The van der Waals surface area contributed by atoms with Crippen LogP contribution < -0.4 is 0 Å². The molecule has 5 saturated carbocycles. The molecule has 0 aromatic heterocycles. The smallest absolute Gasteiger partial charge is 0.302 e. The van der Waals surface area contributed by atoms with Crippen molar-refractivity contribution in [2.24, 2.45) is 62.6 Å². The molecule has 0 N–H and O–H groups in total. The summed E-state index contributed by atoms with van der Waals surface area (Å²) in [4.78, 5) is 23.9. The van der Waals surface area contributed by atoms with Crippen LogP contribution in [0.25, 0.3) is 0 Å². The summed E-state index contributed by atoms with van der Waals surface area (Å²) in [5.41, 5.74) is 1.13. The van der Waals surface area contributed by atoms with Crippen molar-refractivity contribution in [3.05, 3.63) is 0 Å². The number of hydrogen-bond acceptors (Lipinski definition) is 4. The van der Waals surface area contributed by atoms with Gasteiger partial charge in [-0.15, -0.1) is 0 Å². The van der Waals surface area contributed by atoms with E-state index >= 15 is 0 Å². The summed E-state index contributed by atoms with van der Waals surface area (Å²) in [5.74, 6) is 3.86. The van der Waals surface area contributed by atoms with Gasteiger partial charge in [0.2, 0.25) is 0 Å². The van der Waals surface area contributed by atoms with Crippen molar-refractivity contribution in [1.82, 2.24) is 0 Å². The first-order valence-corrected chi connectivity index (χ1v) is 15.9. The van der Waals surface area contributed by atoms with Gasteiger partial charge >= 0.3 is 11.9 Å². The maximum atomic E-state index is 11.9. The fourth-order valence-corrected chi connectivity index (χ4v) is 12.4. The molecule has 0 radical (unpaired) electrons. The molecule has 4 nitrogen and oxygen atoms in total. The van der Waals surface area contributed by atoms with Gasteiger partial charge in [0.05, 0.1) is 6.61 Å². The van der Waals surface area contributed by atoms with Crippen molar-refractivity contribution >= 4 is 11.9 Å². The molecule has 1 unspecified atom stereocenters. The molecule has 4 heteroatoms. The Bertz CT molecular complexity index is 954. The van der Waals surface area contributed by atoms with E-state index < -0.39 is 0 Å². The lowest BCUT2D eigenvalue weighted by molar-refractivity contribution is -0.253. The van der Waals surface area contributed by atoms with Crippen molar-refractivity contribution in [2.45, 2.75) is 133 Å². The maximum Gasteiger partial charge on any atom is 0.302 e. The number of esters is 2. The molecule has 0 aromatic rings. The summed E-state index contributed by atoms with van der Waals surface area (Å²) in [7, 11) is 0. The zero-order chi connectivity index (χ0) is 27.9. The van der Waals surface area contributed by atoms with E-state index in [0.717, 1.165) is 12.3 Å². The standard InChI is InChI=1S/C34H56O4/c1-21(2)24-12-17-34(20-37-22(3)35)19-18-32(8)25(29(24)34)10-11-27-31(7)15-14-28(38-23(4)36)30(5,6)26(31)13-16-33(27,32)9/h21,24-29H,10-20H2,1-9H3/t24?,25-,26+,27-,28+,29-,31+,32-,33-,34-/m1/s1. The minimum absolute atomic E-state index is 0.0116. The Morgan fingerprint density at radius 2 is 1.47 bits per heavy atom. The molecule has 0 heterocycles. The molecule has 0 aliphatic heterocycles.